The average molecular weight is 295 g/mol. The minimum atomic E-state index is -1.10. The molecule has 1 aromatic carbocycles. The molecule has 2 rings (SSSR count). The Morgan fingerprint density at radius 3 is 2.80 bits per heavy atom. The highest BCUT2D eigenvalue weighted by atomic mass is 35.5. The SMILES string of the molecule is CC(Nc1ccc(Cl)c(C(=O)O)c1)c1cncc(F)c1. The van der Waals surface area contributed by atoms with Gasteiger partial charge in [0.1, 0.15) is 5.82 Å². The summed E-state index contributed by atoms with van der Waals surface area (Å²) in [6.45, 7) is 1.82. The third kappa shape index (κ3) is 3.24. The smallest absolute Gasteiger partial charge is 0.337 e. The van der Waals surface area contributed by atoms with Crippen LogP contribution >= 0.6 is 11.6 Å². The molecular formula is C14H12ClFN2O2. The van der Waals surface area contributed by atoms with Crippen LogP contribution in [0.3, 0.4) is 0 Å². The molecule has 0 radical (unpaired) electrons. The number of carboxylic acids is 1. The number of hydrogen-bond donors (Lipinski definition) is 2. The van der Waals surface area contributed by atoms with Crippen LogP contribution in [0.15, 0.2) is 36.7 Å². The summed E-state index contributed by atoms with van der Waals surface area (Å²) in [7, 11) is 0. The van der Waals surface area contributed by atoms with Gasteiger partial charge in [-0.2, -0.15) is 0 Å². The molecule has 1 unspecified atom stereocenters. The molecule has 4 nitrogen and oxygen atoms in total. The number of carbonyl (C=O) groups is 1. The van der Waals surface area contributed by atoms with Gasteiger partial charge < -0.3 is 10.4 Å². The van der Waals surface area contributed by atoms with Crippen molar-refractivity contribution < 1.29 is 14.3 Å². The van der Waals surface area contributed by atoms with Gasteiger partial charge in [-0.25, -0.2) is 9.18 Å². The molecule has 20 heavy (non-hydrogen) atoms. The molecule has 2 aromatic rings. The van der Waals surface area contributed by atoms with Crippen molar-refractivity contribution >= 4 is 23.3 Å². The lowest BCUT2D eigenvalue weighted by molar-refractivity contribution is 0.0697. The van der Waals surface area contributed by atoms with Gasteiger partial charge in [-0.3, -0.25) is 4.98 Å². The van der Waals surface area contributed by atoms with E-state index in [2.05, 4.69) is 10.3 Å². The fourth-order valence-corrected chi connectivity index (χ4v) is 1.98. The molecule has 0 saturated carbocycles. The zero-order valence-electron chi connectivity index (χ0n) is 10.6. The van der Waals surface area contributed by atoms with Gasteiger partial charge in [0.2, 0.25) is 0 Å². The second-order valence-corrected chi connectivity index (χ2v) is 4.71. The van der Waals surface area contributed by atoms with Crippen molar-refractivity contribution in [3.63, 3.8) is 0 Å². The van der Waals surface area contributed by atoms with Gasteiger partial charge in [0.25, 0.3) is 0 Å². The maximum Gasteiger partial charge on any atom is 0.337 e. The maximum atomic E-state index is 13.1. The Balaban J connectivity index is 2.22. The molecule has 0 spiro atoms. The minimum absolute atomic E-state index is 0.0150. The lowest BCUT2D eigenvalue weighted by Crippen LogP contribution is -2.08. The van der Waals surface area contributed by atoms with Crippen LogP contribution in [0.2, 0.25) is 5.02 Å². The number of halogens is 2. The number of aromatic carboxylic acids is 1. The molecule has 1 aromatic heterocycles. The van der Waals surface area contributed by atoms with E-state index in [1.165, 1.54) is 18.2 Å². The Morgan fingerprint density at radius 2 is 2.15 bits per heavy atom. The van der Waals surface area contributed by atoms with Crippen molar-refractivity contribution in [1.29, 1.82) is 0 Å². The van der Waals surface area contributed by atoms with E-state index in [1.807, 2.05) is 6.92 Å². The quantitative estimate of drug-likeness (QED) is 0.901. The lowest BCUT2D eigenvalue weighted by Gasteiger charge is -2.16. The summed E-state index contributed by atoms with van der Waals surface area (Å²) in [6.07, 6.45) is 2.68. The summed E-state index contributed by atoms with van der Waals surface area (Å²) in [5.41, 5.74) is 1.27. The molecule has 0 amide bonds. The van der Waals surface area contributed by atoms with Gasteiger partial charge in [-0.1, -0.05) is 11.6 Å². The van der Waals surface area contributed by atoms with Crippen LogP contribution in [-0.2, 0) is 0 Å². The van der Waals surface area contributed by atoms with Gasteiger partial charge in [0.05, 0.1) is 22.8 Å². The van der Waals surface area contributed by atoms with Crippen molar-refractivity contribution in [2.75, 3.05) is 5.32 Å². The van der Waals surface area contributed by atoms with Crippen LogP contribution in [0.4, 0.5) is 10.1 Å². The molecule has 2 N–H and O–H groups in total. The Kier molecular flexibility index (Phi) is 4.20. The van der Waals surface area contributed by atoms with Crippen molar-refractivity contribution in [2.24, 2.45) is 0 Å². The third-order valence-corrected chi connectivity index (χ3v) is 3.14. The molecule has 0 aliphatic heterocycles. The Hall–Kier alpha value is -2.14. The molecule has 0 aliphatic rings. The zero-order valence-corrected chi connectivity index (χ0v) is 11.4. The summed E-state index contributed by atoms with van der Waals surface area (Å²) in [5, 5.41) is 12.3. The van der Waals surface area contributed by atoms with Gasteiger partial charge in [-0.15, -0.1) is 0 Å². The van der Waals surface area contributed by atoms with Crippen molar-refractivity contribution in [3.8, 4) is 0 Å². The number of nitrogens with zero attached hydrogens (tertiary/aromatic N) is 1. The summed E-state index contributed by atoms with van der Waals surface area (Å²) < 4.78 is 13.1. The second kappa shape index (κ2) is 5.88. The first-order chi connectivity index (χ1) is 9.47. The molecule has 0 aliphatic carbocycles. The average Bonchev–Trinajstić information content (AvgIpc) is 2.40. The van der Waals surface area contributed by atoms with Crippen molar-refractivity contribution in [3.05, 3.63) is 58.6 Å². The third-order valence-electron chi connectivity index (χ3n) is 2.81. The van der Waals surface area contributed by atoms with E-state index >= 15 is 0 Å². The van der Waals surface area contributed by atoms with E-state index in [1.54, 1.807) is 12.3 Å². The summed E-state index contributed by atoms with van der Waals surface area (Å²) in [6, 6.07) is 5.76. The summed E-state index contributed by atoms with van der Waals surface area (Å²) in [4.78, 5) is 14.8. The van der Waals surface area contributed by atoms with Crippen molar-refractivity contribution in [1.82, 2.24) is 4.98 Å². The van der Waals surface area contributed by atoms with Gasteiger partial charge >= 0.3 is 5.97 Å². The first-order valence-corrected chi connectivity index (χ1v) is 6.25. The molecule has 104 valence electrons. The van der Waals surface area contributed by atoms with Gasteiger partial charge in [0.15, 0.2) is 0 Å². The monoisotopic (exact) mass is 294 g/mol. The lowest BCUT2D eigenvalue weighted by atomic mass is 10.1. The second-order valence-electron chi connectivity index (χ2n) is 4.30. The van der Waals surface area contributed by atoms with Crippen LogP contribution in [-0.4, -0.2) is 16.1 Å². The Bertz CT molecular complexity index is 649. The molecule has 1 heterocycles. The predicted molar refractivity (Wildman–Crippen MR) is 74.6 cm³/mol. The number of anilines is 1. The summed E-state index contributed by atoms with van der Waals surface area (Å²) in [5.74, 6) is -1.52. The van der Waals surface area contributed by atoms with Gasteiger partial charge in [0, 0.05) is 11.9 Å². The number of pyridine rings is 1. The Labute approximate surface area is 120 Å². The fourth-order valence-electron chi connectivity index (χ4n) is 1.78. The number of rotatable bonds is 4. The van der Waals surface area contributed by atoms with E-state index in [9.17, 15) is 9.18 Å². The number of aromatic nitrogens is 1. The number of nitrogens with one attached hydrogen (secondary N) is 1. The van der Waals surface area contributed by atoms with Crippen LogP contribution in [0.25, 0.3) is 0 Å². The van der Waals surface area contributed by atoms with Crippen LogP contribution < -0.4 is 5.32 Å². The molecular weight excluding hydrogens is 283 g/mol. The molecule has 1 atom stereocenters. The standard InChI is InChI=1S/C14H12ClFN2O2/c1-8(9-4-10(16)7-17-6-9)18-11-2-3-13(15)12(5-11)14(19)20/h2-8,18H,1H3,(H,19,20). The summed E-state index contributed by atoms with van der Waals surface area (Å²) >= 11 is 5.80. The van der Waals surface area contributed by atoms with E-state index in [4.69, 9.17) is 16.7 Å². The highest BCUT2D eigenvalue weighted by molar-refractivity contribution is 6.33. The topological polar surface area (TPSA) is 62.2 Å². The number of hydrogen-bond acceptors (Lipinski definition) is 3. The molecule has 0 fully saturated rings. The normalized spacial score (nSPS) is 11.9. The maximum absolute atomic E-state index is 13.1. The number of carboxylic acid groups (broad SMARTS) is 1. The Morgan fingerprint density at radius 1 is 1.40 bits per heavy atom. The van der Waals surface area contributed by atoms with E-state index in [-0.39, 0.29) is 16.6 Å². The van der Waals surface area contributed by atoms with E-state index in [0.717, 1.165) is 6.20 Å². The highest BCUT2D eigenvalue weighted by Crippen LogP contribution is 2.24. The van der Waals surface area contributed by atoms with Gasteiger partial charge in [-0.05, 0) is 36.8 Å². The predicted octanol–water partition coefficient (Wildman–Crippen LogP) is 3.75. The zero-order chi connectivity index (χ0) is 14.7. The highest BCUT2D eigenvalue weighted by Gasteiger charge is 2.12. The van der Waals surface area contributed by atoms with Crippen LogP contribution in [0.1, 0.15) is 28.9 Å². The first kappa shape index (κ1) is 14.3. The fraction of sp³-hybridized carbons (Fsp3) is 0.143. The largest absolute Gasteiger partial charge is 0.478 e. The first-order valence-electron chi connectivity index (χ1n) is 5.87. The van der Waals surface area contributed by atoms with Crippen LogP contribution in [0.5, 0.6) is 0 Å². The number of benzene rings is 1. The molecule has 0 bridgehead atoms. The molecule has 6 heteroatoms. The van der Waals surface area contributed by atoms with Crippen molar-refractivity contribution in [2.45, 2.75) is 13.0 Å². The van der Waals surface area contributed by atoms with E-state index < -0.39 is 11.8 Å². The van der Waals surface area contributed by atoms with Crippen LogP contribution in [0, 0.1) is 5.82 Å². The molecule has 0 saturated heterocycles. The van der Waals surface area contributed by atoms with E-state index in [0.29, 0.717) is 11.3 Å². The minimum Gasteiger partial charge on any atom is -0.478 e.